The van der Waals surface area contributed by atoms with Gasteiger partial charge in [0.25, 0.3) is 0 Å². The van der Waals surface area contributed by atoms with Gasteiger partial charge in [-0.05, 0) is 54.2 Å². The molecule has 0 radical (unpaired) electrons. The standard InChI is InChI=1S/C25H28N2O3S/c28-25(26-24-15-14-21-11-4-5-12-22(21)18-24)23-13-6-16-27(19-23)31(29,30)17-7-10-20-8-2-1-3-9-20/h1-5,8-9,11-12,14-15,18,23H,6-7,10,13,16-17,19H2,(H,26,28)/t23-/m1/s1. The lowest BCUT2D eigenvalue weighted by molar-refractivity contribution is -0.120. The van der Waals surface area contributed by atoms with Crippen LogP contribution in [0.2, 0.25) is 0 Å². The Morgan fingerprint density at radius 3 is 2.52 bits per heavy atom. The SMILES string of the molecule is O=C(Nc1ccc2ccccc2c1)[C@@H]1CCCN(S(=O)(=O)CCCc2ccccc2)C1. The van der Waals surface area contributed by atoms with Gasteiger partial charge in [-0.25, -0.2) is 12.7 Å². The van der Waals surface area contributed by atoms with Crippen LogP contribution in [0.5, 0.6) is 0 Å². The van der Waals surface area contributed by atoms with Crippen LogP contribution >= 0.6 is 0 Å². The highest BCUT2D eigenvalue weighted by atomic mass is 32.2. The van der Waals surface area contributed by atoms with E-state index >= 15 is 0 Å². The summed E-state index contributed by atoms with van der Waals surface area (Å²) in [6.45, 7) is 0.751. The molecule has 6 heteroatoms. The molecule has 162 valence electrons. The summed E-state index contributed by atoms with van der Waals surface area (Å²) in [5.41, 5.74) is 1.88. The van der Waals surface area contributed by atoms with E-state index in [1.165, 1.54) is 4.31 Å². The fraction of sp³-hybridized carbons (Fsp3) is 0.320. The van der Waals surface area contributed by atoms with Crippen molar-refractivity contribution in [2.75, 3.05) is 24.2 Å². The van der Waals surface area contributed by atoms with Gasteiger partial charge in [0.05, 0.1) is 11.7 Å². The van der Waals surface area contributed by atoms with Crippen LogP contribution in [0.15, 0.2) is 72.8 Å². The zero-order valence-electron chi connectivity index (χ0n) is 17.5. The number of carbonyl (C=O) groups is 1. The molecular weight excluding hydrogens is 408 g/mol. The molecular formula is C25H28N2O3S. The summed E-state index contributed by atoms with van der Waals surface area (Å²) in [6.07, 6.45) is 2.72. The van der Waals surface area contributed by atoms with Gasteiger partial charge in [0.15, 0.2) is 0 Å². The number of amides is 1. The van der Waals surface area contributed by atoms with Crippen molar-refractivity contribution in [3.63, 3.8) is 0 Å². The minimum absolute atomic E-state index is 0.112. The molecule has 3 aromatic rings. The fourth-order valence-electron chi connectivity index (χ4n) is 4.15. The lowest BCUT2D eigenvalue weighted by Gasteiger charge is -2.31. The summed E-state index contributed by atoms with van der Waals surface area (Å²) in [6, 6.07) is 23.7. The molecule has 1 amide bonds. The number of aryl methyl sites for hydroxylation is 1. The third-order valence-electron chi connectivity index (χ3n) is 5.88. The molecule has 0 bridgehead atoms. The Morgan fingerprint density at radius 2 is 1.71 bits per heavy atom. The van der Waals surface area contributed by atoms with E-state index in [0.717, 1.165) is 28.4 Å². The predicted molar refractivity (Wildman–Crippen MR) is 125 cm³/mol. The van der Waals surface area contributed by atoms with E-state index in [1.807, 2.05) is 72.8 Å². The summed E-state index contributed by atoms with van der Waals surface area (Å²) in [5.74, 6) is -0.329. The highest BCUT2D eigenvalue weighted by molar-refractivity contribution is 7.89. The Morgan fingerprint density at radius 1 is 0.968 bits per heavy atom. The third-order valence-corrected chi connectivity index (χ3v) is 7.80. The van der Waals surface area contributed by atoms with Gasteiger partial charge in [-0.3, -0.25) is 4.79 Å². The summed E-state index contributed by atoms with van der Waals surface area (Å²) in [7, 11) is -3.37. The Hall–Kier alpha value is -2.70. The number of sulfonamides is 1. The number of rotatable bonds is 7. The first-order chi connectivity index (χ1) is 15.0. The molecule has 1 atom stereocenters. The number of hydrogen-bond donors (Lipinski definition) is 1. The molecule has 1 N–H and O–H groups in total. The topological polar surface area (TPSA) is 66.5 Å². The predicted octanol–water partition coefficient (Wildman–Crippen LogP) is 4.45. The molecule has 0 unspecified atom stereocenters. The number of benzene rings is 3. The average molecular weight is 437 g/mol. The van der Waals surface area contributed by atoms with Crippen molar-refractivity contribution in [2.24, 2.45) is 5.92 Å². The first kappa shape index (κ1) is 21.5. The summed E-state index contributed by atoms with van der Waals surface area (Å²) >= 11 is 0. The fourth-order valence-corrected chi connectivity index (χ4v) is 5.73. The number of anilines is 1. The zero-order valence-corrected chi connectivity index (χ0v) is 18.4. The third kappa shape index (κ3) is 5.51. The summed E-state index contributed by atoms with van der Waals surface area (Å²) < 4.78 is 27.2. The first-order valence-electron chi connectivity index (χ1n) is 10.8. The van der Waals surface area contributed by atoms with Crippen LogP contribution < -0.4 is 5.32 Å². The Labute approximate surface area is 184 Å². The van der Waals surface area contributed by atoms with Gasteiger partial charge in [0, 0.05) is 18.8 Å². The second kappa shape index (κ2) is 9.62. The normalized spacial score (nSPS) is 17.5. The van der Waals surface area contributed by atoms with Gasteiger partial charge in [0.1, 0.15) is 0 Å². The Bertz CT molecular complexity index is 1150. The lowest BCUT2D eigenvalue weighted by Crippen LogP contribution is -2.44. The van der Waals surface area contributed by atoms with Crippen LogP contribution in [-0.2, 0) is 21.2 Å². The van der Waals surface area contributed by atoms with E-state index in [2.05, 4.69) is 5.32 Å². The minimum atomic E-state index is -3.37. The van der Waals surface area contributed by atoms with Crippen molar-refractivity contribution in [3.8, 4) is 0 Å². The van der Waals surface area contributed by atoms with Crippen molar-refractivity contribution in [2.45, 2.75) is 25.7 Å². The molecule has 1 heterocycles. The Kier molecular flexibility index (Phi) is 6.68. The number of nitrogens with zero attached hydrogens (tertiary/aromatic N) is 1. The molecule has 1 fully saturated rings. The van der Waals surface area contributed by atoms with E-state index in [0.29, 0.717) is 25.8 Å². The van der Waals surface area contributed by atoms with Crippen LogP contribution in [-0.4, -0.2) is 37.5 Å². The molecule has 1 aliphatic rings. The molecule has 3 aromatic carbocycles. The number of piperidine rings is 1. The van der Waals surface area contributed by atoms with Gasteiger partial charge in [-0.15, -0.1) is 0 Å². The van der Waals surface area contributed by atoms with Crippen molar-refractivity contribution in [1.82, 2.24) is 4.31 Å². The van der Waals surface area contributed by atoms with E-state index < -0.39 is 10.0 Å². The maximum atomic E-state index is 12.8. The van der Waals surface area contributed by atoms with Gasteiger partial charge < -0.3 is 5.32 Å². The van der Waals surface area contributed by atoms with E-state index in [1.54, 1.807) is 0 Å². The van der Waals surface area contributed by atoms with Crippen molar-refractivity contribution >= 4 is 32.4 Å². The molecule has 1 saturated heterocycles. The molecule has 31 heavy (non-hydrogen) atoms. The van der Waals surface area contributed by atoms with E-state index in [-0.39, 0.29) is 24.1 Å². The number of carbonyl (C=O) groups excluding carboxylic acids is 1. The largest absolute Gasteiger partial charge is 0.326 e. The van der Waals surface area contributed by atoms with Crippen molar-refractivity contribution in [3.05, 3.63) is 78.4 Å². The van der Waals surface area contributed by atoms with Crippen molar-refractivity contribution < 1.29 is 13.2 Å². The molecule has 1 aliphatic heterocycles. The molecule has 4 rings (SSSR count). The highest BCUT2D eigenvalue weighted by Crippen LogP contribution is 2.23. The van der Waals surface area contributed by atoms with Crippen LogP contribution in [0.25, 0.3) is 10.8 Å². The van der Waals surface area contributed by atoms with E-state index in [9.17, 15) is 13.2 Å². The van der Waals surface area contributed by atoms with Crippen LogP contribution in [0.4, 0.5) is 5.69 Å². The maximum Gasteiger partial charge on any atom is 0.228 e. The molecule has 0 spiro atoms. The number of nitrogens with one attached hydrogen (secondary N) is 1. The average Bonchev–Trinajstić information content (AvgIpc) is 2.80. The summed E-state index contributed by atoms with van der Waals surface area (Å²) in [4.78, 5) is 12.8. The zero-order chi connectivity index (χ0) is 21.7. The van der Waals surface area contributed by atoms with Gasteiger partial charge in [-0.1, -0.05) is 60.7 Å². The highest BCUT2D eigenvalue weighted by Gasteiger charge is 2.32. The summed E-state index contributed by atoms with van der Waals surface area (Å²) in [5, 5.41) is 5.16. The molecule has 0 aliphatic carbocycles. The van der Waals surface area contributed by atoms with Crippen LogP contribution in [0.1, 0.15) is 24.8 Å². The van der Waals surface area contributed by atoms with Crippen LogP contribution in [0, 0.1) is 5.92 Å². The van der Waals surface area contributed by atoms with E-state index in [4.69, 9.17) is 0 Å². The second-order valence-corrected chi connectivity index (χ2v) is 10.2. The van der Waals surface area contributed by atoms with Crippen molar-refractivity contribution in [1.29, 1.82) is 0 Å². The number of fused-ring (bicyclic) bond motifs is 1. The maximum absolute atomic E-state index is 12.8. The lowest BCUT2D eigenvalue weighted by atomic mass is 9.98. The van der Waals surface area contributed by atoms with Gasteiger partial charge >= 0.3 is 0 Å². The number of hydrogen-bond acceptors (Lipinski definition) is 3. The van der Waals surface area contributed by atoms with Gasteiger partial charge in [0.2, 0.25) is 15.9 Å². The Balaban J connectivity index is 1.34. The minimum Gasteiger partial charge on any atom is -0.326 e. The molecule has 5 nitrogen and oxygen atoms in total. The quantitative estimate of drug-likeness (QED) is 0.595. The second-order valence-electron chi connectivity index (χ2n) is 8.15. The van der Waals surface area contributed by atoms with Crippen LogP contribution in [0.3, 0.4) is 0 Å². The monoisotopic (exact) mass is 436 g/mol. The smallest absolute Gasteiger partial charge is 0.228 e. The molecule has 0 aromatic heterocycles. The first-order valence-corrected chi connectivity index (χ1v) is 12.4. The van der Waals surface area contributed by atoms with Gasteiger partial charge in [-0.2, -0.15) is 0 Å². The molecule has 0 saturated carbocycles.